The van der Waals surface area contributed by atoms with Gasteiger partial charge in [-0.05, 0) is 30.4 Å². The third-order valence-corrected chi connectivity index (χ3v) is 4.02. The van der Waals surface area contributed by atoms with Crippen LogP contribution in [0.4, 0.5) is 8.78 Å². The Balaban J connectivity index is 1.62. The highest BCUT2D eigenvalue weighted by Gasteiger charge is 2.50. The Morgan fingerprint density at radius 1 is 1.35 bits per heavy atom. The zero-order chi connectivity index (χ0) is 14.2. The number of aryl methyl sites for hydroxylation is 1. The number of hydrogen-bond acceptors (Lipinski definition) is 3. The summed E-state index contributed by atoms with van der Waals surface area (Å²) in [6, 6.07) is 8.34. The third-order valence-electron chi connectivity index (χ3n) is 4.02. The Morgan fingerprint density at radius 3 is 2.90 bits per heavy atom. The highest BCUT2D eigenvalue weighted by Crippen LogP contribution is 2.32. The fourth-order valence-corrected chi connectivity index (χ4v) is 3.00. The second-order valence-electron chi connectivity index (χ2n) is 5.49. The molecule has 3 nitrogen and oxygen atoms in total. The number of fused-ring (bicyclic) bond motifs is 1. The average molecular weight is 281 g/mol. The van der Waals surface area contributed by atoms with Crippen molar-refractivity contribution in [2.24, 2.45) is 0 Å². The number of nitrogens with one attached hydrogen (secondary N) is 1. The Hall–Kier alpha value is -1.49. The van der Waals surface area contributed by atoms with Gasteiger partial charge < -0.3 is 10.1 Å². The van der Waals surface area contributed by atoms with E-state index in [1.54, 1.807) is 0 Å². The van der Waals surface area contributed by atoms with Crippen LogP contribution in [0.25, 0.3) is 0 Å². The lowest BCUT2D eigenvalue weighted by molar-refractivity contribution is -0.159. The van der Waals surface area contributed by atoms with E-state index in [1.807, 2.05) is 12.1 Å². The Labute approximate surface area is 116 Å². The first-order chi connectivity index (χ1) is 9.56. The van der Waals surface area contributed by atoms with Gasteiger partial charge in [0.15, 0.2) is 0 Å². The zero-order valence-corrected chi connectivity index (χ0v) is 11.1. The van der Waals surface area contributed by atoms with E-state index >= 15 is 0 Å². The summed E-state index contributed by atoms with van der Waals surface area (Å²) in [5.41, 5.74) is 2.54. The Kier molecular flexibility index (Phi) is 3.46. The van der Waals surface area contributed by atoms with Crippen molar-refractivity contribution >= 4 is 5.97 Å². The number of ether oxygens (including phenoxy) is 1. The summed E-state index contributed by atoms with van der Waals surface area (Å²) in [5.74, 6) is -4.72. The van der Waals surface area contributed by atoms with Crippen molar-refractivity contribution in [3.8, 4) is 0 Å². The predicted molar refractivity (Wildman–Crippen MR) is 69.6 cm³/mol. The van der Waals surface area contributed by atoms with E-state index in [2.05, 4.69) is 17.4 Å². The smallest absolute Gasteiger partial charge is 0.377 e. The van der Waals surface area contributed by atoms with Crippen LogP contribution in [0.3, 0.4) is 0 Å². The first-order valence-electron chi connectivity index (χ1n) is 6.96. The topological polar surface area (TPSA) is 38.3 Å². The molecule has 2 unspecified atom stereocenters. The van der Waals surface area contributed by atoms with E-state index in [9.17, 15) is 13.6 Å². The van der Waals surface area contributed by atoms with Gasteiger partial charge in [-0.25, -0.2) is 4.79 Å². The fraction of sp³-hybridized carbons (Fsp3) is 0.533. The van der Waals surface area contributed by atoms with E-state index < -0.39 is 24.4 Å². The van der Waals surface area contributed by atoms with E-state index in [0.29, 0.717) is 0 Å². The van der Waals surface area contributed by atoms with Crippen LogP contribution >= 0.6 is 0 Å². The minimum absolute atomic E-state index is 0.160. The van der Waals surface area contributed by atoms with Crippen LogP contribution in [0.1, 0.15) is 36.4 Å². The first-order valence-corrected chi connectivity index (χ1v) is 6.96. The Bertz CT molecular complexity index is 518. The van der Waals surface area contributed by atoms with Crippen LogP contribution in [0.5, 0.6) is 0 Å². The standard InChI is InChI=1S/C15H17F2NO2/c16-15(17)8-11(20-14(15)19)9-18-13-7-3-5-10-4-1-2-6-12(10)13/h1-2,4,6,11,13,18H,3,5,7-9H2. The summed E-state index contributed by atoms with van der Waals surface area (Å²) < 4.78 is 30.9. The molecule has 2 atom stereocenters. The molecule has 5 heteroatoms. The molecule has 0 bridgehead atoms. The highest BCUT2D eigenvalue weighted by molar-refractivity contribution is 5.79. The highest BCUT2D eigenvalue weighted by atomic mass is 19.3. The van der Waals surface area contributed by atoms with Crippen LogP contribution < -0.4 is 5.32 Å². The van der Waals surface area contributed by atoms with Crippen molar-refractivity contribution < 1.29 is 18.3 Å². The molecule has 1 fully saturated rings. The van der Waals surface area contributed by atoms with Crippen LogP contribution in [0.15, 0.2) is 24.3 Å². The second-order valence-corrected chi connectivity index (χ2v) is 5.49. The van der Waals surface area contributed by atoms with Crippen LogP contribution in [0.2, 0.25) is 0 Å². The number of esters is 1. The molecule has 3 rings (SSSR count). The minimum Gasteiger partial charge on any atom is -0.456 e. The number of alkyl halides is 2. The molecule has 0 amide bonds. The molecule has 108 valence electrons. The Morgan fingerprint density at radius 2 is 2.15 bits per heavy atom. The predicted octanol–water partition coefficient (Wildman–Crippen LogP) is 2.60. The summed E-state index contributed by atoms with van der Waals surface area (Å²) >= 11 is 0. The molecule has 1 aromatic carbocycles. The SMILES string of the molecule is O=C1OC(CNC2CCCc3ccccc32)CC1(F)F. The summed E-state index contributed by atoms with van der Waals surface area (Å²) in [7, 11) is 0. The van der Waals surface area contributed by atoms with Gasteiger partial charge in [0.1, 0.15) is 6.10 Å². The van der Waals surface area contributed by atoms with Gasteiger partial charge in [0.05, 0.1) is 6.42 Å². The molecule has 20 heavy (non-hydrogen) atoms. The maximum Gasteiger partial charge on any atom is 0.377 e. The summed E-state index contributed by atoms with van der Waals surface area (Å²) in [6.45, 7) is 0.278. The summed E-state index contributed by atoms with van der Waals surface area (Å²) in [4.78, 5) is 11.0. The minimum atomic E-state index is -3.32. The first kappa shape index (κ1) is 13.5. The van der Waals surface area contributed by atoms with Crippen LogP contribution in [0, 0.1) is 0 Å². The van der Waals surface area contributed by atoms with E-state index in [4.69, 9.17) is 4.74 Å². The van der Waals surface area contributed by atoms with Crippen molar-refractivity contribution in [1.29, 1.82) is 0 Å². The van der Waals surface area contributed by atoms with Gasteiger partial charge in [0.2, 0.25) is 0 Å². The number of cyclic esters (lactones) is 1. The van der Waals surface area contributed by atoms with Crippen LogP contribution in [-0.4, -0.2) is 24.5 Å². The maximum absolute atomic E-state index is 13.1. The fourth-order valence-electron chi connectivity index (χ4n) is 3.00. The maximum atomic E-state index is 13.1. The number of benzene rings is 1. The van der Waals surface area contributed by atoms with Gasteiger partial charge in [-0.15, -0.1) is 0 Å². The molecule has 0 radical (unpaired) electrons. The number of hydrogen-bond donors (Lipinski definition) is 1. The van der Waals surface area contributed by atoms with Gasteiger partial charge in [0, 0.05) is 12.6 Å². The normalized spacial score (nSPS) is 28.0. The van der Waals surface area contributed by atoms with E-state index in [-0.39, 0.29) is 12.6 Å². The van der Waals surface area contributed by atoms with E-state index in [0.717, 1.165) is 19.3 Å². The average Bonchev–Trinajstić information content (AvgIpc) is 2.70. The lowest BCUT2D eigenvalue weighted by Gasteiger charge is -2.27. The molecule has 1 aliphatic heterocycles. The molecule has 0 spiro atoms. The third kappa shape index (κ3) is 2.54. The lowest BCUT2D eigenvalue weighted by Crippen LogP contribution is -2.32. The number of halogens is 2. The van der Waals surface area contributed by atoms with Crippen molar-refractivity contribution in [2.75, 3.05) is 6.54 Å². The van der Waals surface area contributed by atoms with Crippen molar-refractivity contribution in [2.45, 2.75) is 43.8 Å². The molecule has 0 aromatic heterocycles. The van der Waals surface area contributed by atoms with Gasteiger partial charge in [0.25, 0.3) is 0 Å². The van der Waals surface area contributed by atoms with Gasteiger partial charge in [-0.2, -0.15) is 8.78 Å². The molecule has 1 N–H and O–H groups in total. The number of carbonyl (C=O) groups excluding carboxylic acids is 1. The molecule has 1 aromatic rings. The number of rotatable bonds is 3. The summed E-state index contributed by atoms with van der Waals surface area (Å²) in [5, 5.41) is 3.27. The molecule has 1 heterocycles. The molecular weight excluding hydrogens is 264 g/mol. The van der Waals surface area contributed by atoms with Gasteiger partial charge >= 0.3 is 11.9 Å². The lowest BCUT2D eigenvalue weighted by atomic mass is 9.87. The van der Waals surface area contributed by atoms with E-state index in [1.165, 1.54) is 11.1 Å². The zero-order valence-electron chi connectivity index (χ0n) is 11.1. The quantitative estimate of drug-likeness (QED) is 0.866. The molecule has 0 saturated carbocycles. The van der Waals surface area contributed by atoms with Crippen molar-refractivity contribution in [3.05, 3.63) is 35.4 Å². The molecular formula is C15H17F2NO2. The van der Waals surface area contributed by atoms with Crippen molar-refractivity contribution in [1.82, 2.24) is 5.32 Å². The second kappa shape index (κ2) is 5.13. The molecule has 1 aliphatic carbocycles. The van der Waals surface area contributed by atoms with Gasteiger partial charge in [-0.3, -0.25) is 0 Å². The summed E-state index contributed by atoms with van der Waals surface area (Å²) in [6.07, 6.45) is 1.87. The van der Waals surface area contributed by atoms with Crippen LogP contribution in [-0.2, 0) is 16.0 Å². The largest absolute Gasteiger partial charge is 0.456 e. The number of carbonyl (C=O) groups is 1. The molecule has 2 aliphatic rings. The van der Waals surface area contributed by atoms with Gasteiger partial charge in [-0.1, -0.05) is 24.3 Å². The van der Waals surface area contributed by atoms with Crippen molar-refractivity contribution in [3.63, 3.8) is 0 Å². The monoisotopic (exact) mass is 281 g/mol. The molecule has 1 saturated heterocycles.